The van der Waals surface area contributed by atoms with E-state index in [9.17, 15) is 4.79 Å². The summed E-state index contributed by atoms with van der Waals surface area (Å²) in [6.45, 7) is 14.3. The van der Waals surface area contributed by atoms with Crippen molar-refractivity contribution >= 4 is 28.9 Å². The zero-order valence-corrected chi connectivity index (χ0v) is 27.0. The molecule has 0 fully saturated rings. The van der Waals surface area contributed by atoms with Gasteiger partial charge in [0, 0.05) is 47.5 Å². The number of nitrogens with one attached hydrogen (secondary N) is 2. The molecule has 2 aliphatic rings. The lowest BCUT2D eigenvalue weighted by atomic mass is 9.74. The Morgan fingerprint density at radius 2 is 2.02 bits per heavy atom. The van der Waals surface area contributed by atoms with Gasteiger partial charge in [0.1, 0.15) is 12.4 Å². The van der Waals surface area contributed by atoms with Gasteiger partial charge in [-0.15, -0.1) is 0 Å². The van der Waals surface area contributed by atoms with Crippen LogP contribution in [-0.4, -0.2) is 75.5 Å². The molecule has 0 bridgehead atoms. The number of aromatic nitrogens is 3. The minimum atomic E-state index is -1.18. The van der Waals surface area contributed by atoms with Crippen molar-refractivity contribution in [1.82, 2.24) is 24.8 Å². The number of nitrogens with zero attached hydrogens (tertiary/aromatic N) is 5. The summed E-state index contributed by atoms with van der Waals surface area (Å²) in [5, 5.41) is 11.3. The van der Waals surface area contributed by atoms with Crippen LogP contribution in [0.1, 0.15) is 65.9 Å². The van der Waals surface area contributed by atoms with E-state index in [1.165, 1.54) is 22.5 Å². The van der Waals surface area contributed by atoms with Gasteiger partial charge in [0.05, 0.1) is 12.1 Å². The number of aromatic amines is 1. The summed E-state index contributed by atoms with van der Waals surface area (Å²) in [7, 11) is 4.18. The number of imidazole rings is 1. The lowest BCUT2D eigenvalue weighted by molar-refractivity contribution is 0.209. The van der Waals surface area contributed by atoms with Crippen LogP contribution < -0.4 is 10.1 Å². The van der Waals surface area contributed by atoms with Gasteiger partial charge in [-0.2, -0.15) is 4.98 Å². The van der Waals surface area contributed by atoms with E-state index in [2.05, 4.69) is 84.8 Å². The SMILES string of the molecule is CC/C(C)=C(/C1=C(N=C(C)CN(C)C)CCC(C)(C)C1)N1CCOc2ccc(-c3cnc4nc(NC(=O)O)[nH]c4c3)cc2C1. The van der Waals surface area contributed by atoms with Crippen LogP contribution in [0.25, 0.3) is 22.3 Å². The van der Waals surface area contributed by atoms with Gasteiger partial charge in [-0.25, -0.2) is 9.78 Å². The average molecular weight is 600 g/mol. The van der Waals surface area contributed by atoms with Crippen molar-refractivity contribution in [3.05, 3.63) is 58.6 Å². The molecule has 1 amide bonds. The highest BCUT2D eigenvalue weighted by molar-refractivity contribution is 5.86. The van der Waals surface area contributed by atoms with Crippen LogP contribution in [0.5, 0.6) is 5.75 Å². The van der Waals surface area contributed by atoms with E-state index in [-0.39, 0.29) is 11.4 Å². The van der Waals surface area contributed by atoms with E-state index in [1.54, 1.807) is 6.20 Å². The van der Waals surface area contributed by atoms with E-state index in [1.807, 2.05) is 18.2 Å². The Morgan fingerprint density at radius 3 is 2.75 bits per heavy atom. The maximum Gasteiger partial charge on any atom is 0.411 e. The summed E-state index contributed by atoms with van der Waals surface area (Å²) in [5.74, 6) is 1.04. The number of amides is 1. The van der Waals surface area contributed by atoms with Gasteiger partial charge in [0.25, 0.3) is 0 Å². The maximum absolute atomic E-state index is 11.0. The van der Waals surface area contributed by atoms with Crippen LogP contribution in [0.3, 0.4) is 0 Å². The molecular formula is C34H45N7O3. The van der Waals surface area contributed by atoms with Gasteiger partial charge >= 0.3 is 6.09 Å². The Bertz CT molecular complexity index is 1650. The first-order valence-corrected chi connectivity index (χ1v) is 15.4. The highest BCUT2D eigenvalue weighted by atomic mass is 16.5. The van der Waals surface area contributed by atoms with Crippen molar-refractivity contribution in [3.8, 4) is 16.9 Å². The second-order valence-corrected chi connectivity index (χ2v) is 13.0. The number of pyridine rings is 1. The third kappa shape index (κ3) is 7.13. The van der Waals surface area contributed by atoms with Gasteiger partial charge in [0.15, 0.2) is 5.65 Å². The molecule has 10 heteroatoms. The third-order valence-corrected chi connectivity index (χ3v) is 8.39. The first-order valence-electron chi connectivity index (χ1n) is 15.4. The molecule has 1 aliphatic heterocycles. The Balaban J connectivity index is 1.52. The Hall–Kier alpha value is -4.18. The monoisotopic (exact) mass is 599 g/mol. The zero-order chi connectivity index (χ0) is 31.6. The first-order chi connectivity index (χ1) is 20.9. The molecule has 3 aromatic rings. The van der Waals surface area contributed by atoms with E-state index < -0.39 is 6.09 Å². The van der Waals surface area contributed by atoms with Gasteiger partial charge in [-0.3, -0.25) is 10.3 Å². The number of allylic oxidation sites excluding steroid dienone is 3. The average Bonchev–Trinajstić information content (AvgIpc) is 3.22. The maximum atomic E-state index is 11.0. The number of benzene rings is 1. The first kappa shape index (κ1) is 31.3. The van der Waals surface area contributed by atoms with Crippen molar-refractivity contribution in [2.45, 2.75) is 66.8 Å². The molecule has 1 aliphatic carbocycles. The predicted octanol–water partition coefficient (Wildman–Crippen LogP) is 7.08. The summed E-state index contributed by atoms with van der Waals surface area (Å²) in [6.07, 6.45) is 4.65. The number of aliphatic imine (C=N–C) groups is 1. The van der Waals surface area contributed by atoms with E-state index in [0.717, 1.165) is 73.5 Å². The zero-order valence-electron chi connectivity index (χ0n) is 27.0. The number of hydrogen-bond acceptors (Lipinski definition) is 7. The molecule has 10 nitrogen and oxygen atoms in total. The molecule has 234 valence electrons. The third-order valence-electron chi connectivity index (χ3n) is 8.39. The summed E-state index contributed by atoms with van der Waals surface area (Å²) >= 11 is 0. The molecule has 0 atom stereocenters. The summed E-state index contributed by atoms with van der Waals surface area (Å²) in [6, 6.07) is 8.22. The fourth-order valence-electron chi connectivity index (χ4n) is 6.21. The standard InChI is InChI=1S/C34H45N7O3/c1-8-21(2)30(26-17-34(4,5)12-11-27(26)36-22(3)19-40(6)7)41-13-14-44-29-10-9-23(15-25(29)20-41)24-16-28-31(35-18-24)38-32(37-28)39-33(42)43/h9-10,15-16,18H,8,11-14,17,19-20H2,1-7H3,(H,42,43)(H2,35,37,38,39)/b30-21-,36-22?. The fourth-order valence-corrected chi connectivity index (χ4v) is 6.21. The summed E-state index contributed by atoms with van der Waals surface area (Å²) < 4.78 is 6.30. The molecular weight excluding hydrogens is 554 g/mol. The van der Waals surface area contributed by atoms with Gasteiger partial charge in [0.2, 0.25) is 5.95 Å². The van der Waals surface area contributed by atoms with Gasteiger partial charge in [-0.1, -0.05) is 26.8 Å². The molecule has 0 unspecified atom stereocenters. The molecule has 1 aromatic carbocycles. The molecule has 2 aromatic heterocycles. The predicted molar refractivity (Wildman–Crippen MR) is 176 cm³/mol. The summed E-state index contributed by atoms with van der Waals surface area (Å²) in [4.78, 5) is 32.6. The van der Waals surface area contributed by atoms with E-state index in [0.29, 0.717) is 17.8 Å². The minimum absolute atomic E-state index is 0.148. The van der Waals surface area contributed by atoms with Crippen LogP contribution in [0.15, 0.2) is 58.0 Å². The summed E-state index contributed by atoms with van der Waals surface area (Å²) in [5.41, 5.74) is 10.8. The Kier molecular flexibility index (Phi) is 9.10. The van der Waals surface area contributed by atoms with Crippen LogP contribution in [0.4, 0.5) is 10.7 Å². The normalized spacial score (nSPS) is 17.7. The highest BCUT2D eigenvalue weighted by Gasteiger charge is 2.32. The molecule has 0 spiro atoms. The second kappa shape index (κ2) is 12.8. The topological polar surface area (TPSA) is 119 Å². The Labute approximate surface area is 259 Å². The van der Waals surface area contributed by atoms with Crippen LogP contribution in [0.2, 0.25) is 0 Å². The number of anilines is 1. The fraction of sp³-hybridized carbons (Fsp3) is 0.471. The number of carbonyl (C=O) groups is 1. The number of rotatable bonds is 8. The number of H-pyrrole nitrogens is 1. The van der Waals surface area contributed by atoms with Crippen LogP contribution >= 0.6 is 0 Å². The van der Waals surface area contributed by atoms with Crippen LogP contribution in [-0.2, 0) is 6.54 Å². The van der Waals surface area contributed by atoms with Crippen molar-refractivity contribution in [1.29, 1.82) is 0 Å². The largest absolute Gasteiger partial charge is 0.491 e. The number of hydrogen-bond donors (Lipinski definition) is 3. The lowest BCUT2D eigenvalue weighted by Gasteiger charge is -2.37. The minimum Gasteiger partial charge on any atom is -0.491 e. The van der Waals surface area contributed by atoms with Crippen LogP contribution in [0, 0.1) is 5.41 Å². The van der Waals surface area contributed by atoms with Crippen molar-refractivity contribution in [3.63, 3.8) is 0 Å². The number of carboxylic acid groups (broad SMARTS) is 1. The molecule has 3 heterocycles. The quantitative estimate of drug-likeness (QED) is 0.237. The second-order valence-electron chi connectivity index (χ2n) is 13.0. The van der Waals surface area contributed by atoms with Gasteiger partial charge in [-0.05, 0) is 93.9 Å². The highest BCUT2D eigenvalue weighted by Crippen LogP contribution is 2.44. The van der Waals surface area contributed by atoms with Crippen molar-refractivity contribution < 1.29 is 14.6 Å². The lowest BCUT2D eigenvalue weighted by Crippen LogP contribution is -2.31. The van der Waals surface area contributed by atoms with Crippen molar-refractivity contribution in [2.75, 3.05) is 39.1 Å². The van der Waals surface area contributed by atoms with Crippen molar-refractivity contribution in [2.24, 2.45) is 10.4 Å². The number of fused-ring (bicyclic) bond motifs is 2. The van der Waals surface area contributed by atoms with E-state index >= 15 is 0 Å². The van der Waals surface area contributed by atoms with Gasteiger partial charge < -0.3 is 24.6 Å². The Morgan fingerprint density at radius 1 is 1.23 bits per heavy atom. The molecule has 0 saturated heterocycles. The molecule has 3 N–H and O–H groups in total. The smallest absolute Gasteiger partial charge is 0.411 e. The van der Waals surface area contributed by atoms with E-state index in [4.69, 9.17) is 14.8 Å². The molecule has 5 rings (SSSR count). The molecule has 0 saturated carbocycles. The molecule has 44 heavy (non-hydrogen) atoms. The number of ether oxygens (including phenoxy) is 1. The molecule has 0 radical (unpaired) electrons.